The summed E-state index contributed by atoms with van der Waals surface area (Å²) in [7, 11) is 1.73. The SMILES string of the molecule is C=C[C@@H]([C@H]1O[C@@H](OC)[C@H](OCc2ccccc2)[C@@H]1OCc1ccccc1)[Sn]([CH2]CCC)([CH2]CCC)[CH2]CCC. The van der Waals surface area contributed by atoms with Gasteiger partial charge in [0.15, 0.2) is 0 Å². The normalized spacial score (nSPS) is 22.2. The summed E-state index contributed by atoms with van der Waals surface area (Å²) in [6, 6.07) is 20.8. The standard InChI is InChI=1S/C22H25O4.3C4H9.Sn/c1-3-10-19-20(24-15-17-11-6-4-7-12-17)21(22(23-2)26-19)25-16-18-13-8-5-9-14-18;3*1-3-4-2;/h3-14,19-22H,1,15-16H2,2H3;3*1,3-4H2,2H3;/t19-,20-,21-,22-;;;;/m1..../s1. The fourth-order valence-corrected chi connectivity index (χ4v) is 24.5. The first-order valence-corrected chi connectivity index (χ1v) is 22.9. The van der Waals surface area contributed by atoms with E-state index in [2.05, 4.69) is 82.0 Å². The van der Waals surface area contributed by atoms with Crippen LogP contribution in [0.25, 0.3) is 0 Å². The van der Waals surface area contributed by atoms with Crippen LogP contribution in [0, 0.1) is 0 Å². The number of unbranched alkanes of at least 4 members (excludes halogenated alkanes) is 3. The molecule has 0 bridgehead atoms. The molecule has 1 aliphatic heterocycles. The van der Waals surface area contributed by atoms with Crippen LogP contribution in [0.5, 0.6) is 0 Å². The summed E-state index contributed by atoms with van der Waals surface area (Å²) in [5.41, 5.74) is 2.30. The monoisotopic (exact) mass is 644 g/mol. The molecule has 0 saturated carbocycles. The third-order valence-corrected chi connectivity index (χ3v) is 25.6. The minimum absolute atomic E-state index is 0.0988. The molecule has 0 N–H and O–H groups in total. The Labute approximate surface area is 242 Å². The zero-order valence-electron chi connectivity index (χ0n) is 24.9. The van der Waals surface area contributed by atoms with Gasteiger partial charge in [-0.3, -0.25) is 0 Å². The van der Waals surface area contributed by atoms with Gasteiger partial charge < -0.3 is 0 Å². The summed E-state index contributed by atoms with van der Waals surface area (Å²) in [6.07, 6.45) is 8.80. The van der Waals surface area contributed by atoms with Crippen LogP contribution >= 0.6 is 0 Å². The van der Waals surface area contributed by atoms with E-state index in [1.807, 2.05) is 12.1 Å². The van der Waals surface area contributed by atoms with Crippen molar-refractivity contribution in [2.24, 2.45) is 0 Å². The molecule has 0 aliphatic carbocycles. The Morgan fingerprint density at radius 3 is 1.64 bits per heavy atom. The number of hydrogen-bond donors (Lipinski definition) is 0. The van der Waals surface area contributed by atoms with Crippen molar-refractivity contribution in [3.05, 3.63) is 84.4 Å². The van der Waals surface area contributed by atoms with Crippen LogP contribution in [0.2, 0.25) is 17.2 Å². The van der Waals surface area contributed by atoms with Gasteiger partial charge in [-0.15, -0.1) is 0 Å². The van der Waals surface area contributed by atoms with Gasteiger partial charge in [-0.1, -0.05) is 0 Å². The van der Waals surface area contributed by atoms with Crippen molar-refractivity contribution in [3.63, 3.8) is 0 Å². The van der Waals surface area contributed by atoms with Gasteiger partial charge in [0.1, 0.15) is 0 Å². The molecular formula is C34H52O4Sn. The van der Waals surface area contributed by atoms with Crippen LogP contribution < -0.4 is 0 Å². The molecular weight excluding hydrogens is 591 g/mol. The zero-order valence-corrected chi connectivity index (χ0v) is 27.7. The van der Waals surface area contributed by atoms with E-state index in [0.717, 1.165) is 11.1 Å². The first kappa shape index (κ1) is 32.3. The van der Waals surface area contributed by atoms with Gasteiger partial charge in [0, 0.05) is 0 Å². The van der Waals surface area contributed by atoms with Crippen molar-refractivity contribution in [1.29, 1.82) is 0 Å². The molecule has 1 heterocycles. The molecule has 0 aromatic heterocycles. The maximum absolute atomic E-state index is 6.82. The van der Waals surface area contributed by atoms with E-state index < -0.39 is 24.7 Å². The van der Waals surface area contributed by atoms with E-state index in [-0.39, 0.29) is 18.3 Å². The van der Waals surface area contributed by atoms with Crippen molar-refractivity contribution in [2.75, 3.05) is 7.11 Å². The molecule has 0 radical (unpaired) electrons. The summed E-state index contributed by atoms with van der Waals surface area (Å²) in [5, 5.41) is 0. The van der Waals surface area contributed by atoms with E-state index in [9.17, 15) is 0 Å². The molecule has 1 fully saturated rings. The Morgan fingerprint density at radius 1 is 0.769 bits per heavy atom. The second-order valence-corrected chi connectivity index (χ2v) is 25.1. The molecule has 3 rings (SSSR count). The van der Waals surface area contributed by atoms with Gasteiger partial charge in [-0.2, -0.15) is 0 Å². The Hall–Kier alpha value is -1.18. The number of ether oxygens (including phenoxy) is 4. The van der Waals surface area contributed by atoms with E-state index in [1.165, 1.54) is 51.8 Å². The number of methoxy groups -OCH3 is 1. The molecule has 2 aromatic rings. The van der Waals surface area contributed by atoms with Gasteiger partial charge >= 0.3 is 243 Å². The van der Waals surface area contributed by atoms with Crippen molar-refractivity contribution in [2.45, 2.75) is 114 Å². The number of hydrogen-bond acceptors (Lipinski definition) is 4. The molecule has 0 unspecified atom stereocenters. The zero-order chi connectivity index (χ0) is 27.9. The summed E-state index contributed by atoms with van der Waals surface area (Å²) < 4.78 is 30.7. The molecule has 0 amide bonds. The molecule has 5 heteroatoms. The fourth-order valence-electron chi connectivity index (χ4n) is 6.22. The van der Waals surface area contributed by atoms with Gasteiger partial charge in [-0.05, 0) is 0 Å². The summed E-state index contributed by atoms with van der Waals surface area (Å²) in [6.45, 7) is 12.5. The Bertz CT molecular complexity index is 900. The van der Waals surface area contributed by atoms with E-state index in [1.54, 1.807) is 7.11 Å². The molecule has 1 aliphatic rings. The third kappa shape index (κ3) is 9.16. The summed E-state index contributed by atoms with van der Waals surface area (Å²) in [5.74, 6) is 0. The summed E-state index contributed by atoms with van der Waals surface area (Å²) in [4.78, 5) is 0. The third-order valence-electron chi connectivity index (χ3n) is 8.41. The quantitative estimate of drug-likeness (QED) is 0.113. The number of benzene rings is 2. The molecule has 4 nitrogen and oxygen atoms in total. The molecule has 0 spiro atoms. The van der Waals surface area contributed by atoms with Crippen LogP contribution in [0.1, 0.15) is 70.4 Å². The van der Waals surface area contributed by atoms with Gasteiger partial charge in [-0.25, -0.2) is 0 Å². The van der Waals surface area contributed by atoms with Crippen molar-refractivity contribution in [3.8, 4) is 0 Å². The molecule has 1 saturated heterocycles. The first-order valence-electron chi connectivity index (χ1n) is 15.2. The average Bonchev–Trinajstić information content (AvgIpc) is 3.33. The average molecular weight is 643 g/mol. The topological polar surface area (TPSA) is 36.9 Å². The maximum atomic E-state index is 6.82. The predicted molar refractivity (Wildman–Crippen MR) is 165 cm³/mol. The van der Waals surface area contributed by atoms with Gasteiger partial charge in [0.2, 0.25) is 0 Å². The fraction of sp³-hybridized carbons (Fsp3) is 0.588. The molecule has 216 valence electrons. The van der Waals surface area contributed by atoms with Gasteiger partial charge in [0.05, 0.1) is 0 Å². The first-order chi connectivity index (χ1) is 19.1. The Morgan fingerprint density at radius 2 is 1.23 bits per heavy atom. The van der Waals surface area contributed by atoms with E-state index >= 15 is 0 Å². The second kappa shape index (κ2) is 17.6. The molecule has 39 heavy (non-hydrogen) atoms. The Kier molecular flexibility index (Phi) is 14.6. The predicted octanol–water partition coefficient (Wildman–Crippen LogP) is 8.93. The van der Waals surface area contributed by atoms with Crippen molar-refractivity contribution < 1.29 is 18.9 Å². The van der Waals surface area contributed by atoms with Crippen LogP contribution in [0.4, 0.5) is 0 Å². The minimum atomic E-state index is -2.78. The van der Waals surface area contributed by atoms with Crippen LogP contribution in [0.15, 0.2) is 73.3 Å². The van der Waals surface area contributed by atoms with E-state index in [0.29, 0.717) is 17.1 Å². The van der Waals surface area contributed by atoms with Crippen LogP contribution in [0.3, 0.4) is 0 Å². The molecule has 5 atom stereocenters. The van der Waals surface area contributed by atoms with E-state index in [4.69, 9.17) is 18.9 Å². The van der Waals surface area contributed by atoms with Crippen molar-refractivity contribution >= 4 is 18.4 Å². The second-order valence-electron chi connectivity index (χ2n) is 11.2. The molecule has 2 aromatic carbocycles. The van der Waals surface area contributed by atoms with Crippen LogP contribution in [-0.4, -0.2) is 50.1 Å². The summed E-state index contributed by atoms with van der Waals surface area (Å²) >= 11 is -2.78. The number of rotatable bonds is 19. The van der Waals surface area contributed by atoms with Crippen LogP contribution in [-0.2, 0) is 32.2 Å². The van der Waals surface area contributed by atoms with Crippen molar-refractivity contribution in [1.82, 2.24) is 0 Å². The Balaban J connectivity index is 1.96. The van der Waals surface area contributed by atoms with Gasteiger partial charge in [0.25, 0.3) is 0 Å².